The van der Waals surface area contributed by atoms with Crippen LogP contribution in [0.25, 0.3) is 0 Å². The van der Waals surface area contributed by atoms with Crippen molar-refractivity contribution in [1.29, 1.82) is 0 Å². The van der Waals surface area contributed by atoms with Crippen LogP contribution in [0.2, 0.25) is 5.02 Å². The van der Waals surface area contributed by atoms with Crippen LogP contribution in [0.3, 0.4) is 0 Å². The fourth-order valence-corrected chi connectivity index (χ4v) is 2.43. The number of halogens is 1. The molecule has 0 radical (unpaired) electrons. The number of methoxy groups -OCH3 is 1. The van der Waals surface area contributed by atoms with Crippen LogP contribution in [0.5, 0.6) is 23.0 Å². The number of hydrogen-bond donors (Lipinski definition) is 2. The van der Waals surface area contributed by atoms with E-state index in [1.54, 1.807) is 18.2 Å². The van der Waals surface area contributed by atoms with Gasteiger partial charge >= 0.3 is 0 Å². The number of fused-ring (bicyclic) bond motifs is 1. The lowest BCUT2D eigenvalue weighted by atomic mass is 10.2. The first kappa shape index (κ1) is 16.9. The first-order valence-electron chi connectivity index (χ1n) is 7.36. The molecule has 0 saturated carbocycles. The monoisotopic (exact) mass is 362 g/mol. The molecule has 0 fully saturated rings. The van der Waals surface area contributed by atoms with Crippen LogP contribution >= 0.6 is 11.6 Å². The van der Waals surface area contributed by atoms with Gasteiger partial charge in [0, 0.05) is 0 Å². The zero-order chi connectivity index (χ0) is 17.8. The maximum atomic E-state index is 12.1. The van der Waals surface area contributed by atoms with Crippen LogP contribution in [0.15, 0.2) is 41.5 Å². The normalized spacial score (nSPS) is 15.8. The van der Waals surface area contributed by atoms with E-state index in [2.05, 4.69) is 10.5 Å². The first-order chi connectivity index (χ1) is 12.1. The molecule has 1 aliphatic rings. The van der Waals surface area contributed by atoms with Crippen LogP contribution in [-0.2, 0) is 4.79 Å². The summed E-state index contributed by atoms with van der Waals surface area (Å²) in [6, 6.07) is 10.1. The van der Waals surface area contributed by atoms with Gasteiger partial charge in [-0.05, 0) is 29.8 Å². The standard InChI is InChI=1S/C17H15ClN2O5/c1-23-14-7-10(6-11(18)16(14)21)8-19-20-17(22)15-9-24-12-4-2-3-5-13(12)25-15/h2-8,15,21H,9H2,1H3,(H,20,22)/b19-8+/t15-/m0/s1. The van der Waals surface area contributed by atoms with Gasteiger partial charge in [0.05, 0.1) is 18.3 Å². The van der Waals surface area contributed by atoms with Gasteiger partial charge in [-0.15, -0.1) is 0 Å². The third-order valence-corrected chi connectivity index (χ3v) is 3.75. The average molecular weight is 363 g/mol. The molecule has 0 unspecified atom stereocenters. The molecular weight excluding hydrogens is 348 g/mol. The van der Waals surface area contributed by atoms with Crippen LogP contribution in [0.1, 0.15) is 5.56 Å². The van der Waals surface area contributed by atoms with E-state index in [0.717, 1.165) is 0 Å². The highest BCUT2D eigenvalue weighted by atomic mass is 35.5. The summed E-state index contributed by atoms with van der Waals surface area (Å²) in [6.07, 6.45) is 0.577. The van der Waals surface area contributed by atoms with Crippen molar-refractivity contribution in [2.45, 2.75) is 6.10 Å². The number of hydrazone groups is 1. The Kier molecular flexibility index (Phi) is 4.95. The number of para-hydroxylation sites is 2. The molecule has 1 heterocycles. The summed E-state index contributed by atoms with van der Waals surface area (Å²) < 4.78 is 16.1. The number of aromatic hydroxyl groups is 1. The SMILES string of the molecule is COc1cc(/C=N/NC(=O)[C@@H]2COc3ccccc3O2)cc(Cl)c1O. The molecule has 1 amide bonds. The number of carbonyl (C=O) groups excluding carboxylic acids is 1. The van der Waals surface area contributed by atoms with Crippen molar-refractivity contribution in [3.8, 4) is 23.0 Å². The van der Waals surface area contributed by atoms with Gasteiger partial charge in [-0.2, -0.15) is 5.10 Å². The number of benzene rings is 2. The molecule has 0 spiro atoms. The summed E-state index contributed by atoms with van der Waals surface area (Å²) in [5, 5.41) is 13.7. The van der Waals surface area contributed by atoms with E-state index < -0.39 is 12.0 Å². The van der Waals surface area contributed by atoms with E-state index in [0.29, 0.717) is 17.1 Å². The predicted octanol–water partition coefficient (Wildman–Crippen LogP) is 2.34. The average Bonchev–Trinajstić information content (AvgIpc) is 2.63. The van der Waals surface area contributed by atoms with Gasteiger partial charge < -0.3 is 19.3 Å². The molecule has 0 bridgehead atoms. The molecule has 0 aliphatic carbocycles. The van der Waals surface area contributed by atoms with Crippen molar-refractivity contribution in [2.75, 3.05) is 13.7 Å². The Morgan fingerprint density at radius 2 is 2.16 bits per heavy atom. The minimum absolute atomic E-state index is 0.0945. The second-order valence-electron chi connectivity index (χ2n) is 5.15. The summed E-state index contributed by atoms with van der Waals surface area (Å²) in [5.41, 5.74) is 2.93. The highest BCUT2D eigenvalue weighted by Crippen LogP contribution is 2.34. The summed E-state index contributed by atoms with van der Waals surface area (Å²) in [6.45, 7) is 0.0945. The Bertz CT molecular complexity index is 825. The first-order valence-corrected chi connectivity index (χ1v) is 7.74. The van der Waals surface area contributed by atoms with E-state index in [-0.39, 0.29) is 23.1 Å². The number of phenols is 1. The number of ether oxygens (including phenoxy) is 3. The van der Waals surface area contributed by atoms with Crippen LogP contribution < -0.4 is 19.6 Å². The quantitative estimate of drug-likeness (QED) is 0.643. The molecule has 0 aromatic heterocycles. The predicted molar refractivity (Wildman–Crippen MR) is 91.8 cm³/mol. The van der Waals surface area contributed by atoms with Gasteiger partial charge in [0.15, 0.2) is 23.0 Å². The molecule has 3 rings (SSSR count). The Hall–Kier alpha value is -2.93. The van der Waals surface area contributed by atoms with E-state index in [4.69, 9.17) is 25.8 Å². The highest BCUT2D eigenvalue weighted by molar-refractivity contribution is 6.32. The maximum absolute atomic E-state index is 12.1. The van der Waals surface area contributed by atoms with Crippen molar-refractivity contribution in [3.05, 3.63) is 47.0 Å². The van der Waals surface area contributed by atoms with Crippen molar-refractivity contribution in [2.24, 2.45) is 5.10 Å². The lowest BCUT2D eigenvalue weighted by molar-refractivity contribution is -0.130. The number of amides is 1. The van der Waals surface area contributed by atoms with Gasteiger partial charge in [0.1, 0.15) is 6.61 Å². The fourth-order valence-electron chi connectivity index (χ4n) is 2.22. The summed E-state index contributed by atoms with van der Waals surface area (Å²) >= 11 is 5.89. The molecule has 2 aromatic rings. The third-order valence-electron chi connectivity index (χ3n) is 3.46. The minimum atomic E-state index is -0.801. The van der Waals surface area contributed by atoms with E-state index in [1.807, 2.05) is 6.07 Å². The van der Waals surface area contributed by atoms with E-state index in [9.17, 15) is 9.90 Å². The zero-order valence-corrected chi connectivity index (χ0v) is 14.0. The van der Waals surface area contributed by atoms with Crippen molar-refractivity contribution in [1.82, 2.24) is 5.43 Å². The van der Waals surface area contributed by atoms with Gasteiger partial charge in [-0.25, -0.2) is 5.43 Å². The topological polar surface area (TPSA) is 89.4 Å². The second-order valence-corrected chi connectivity index (χ2v) is 5.56. The molecule has 2 N–H and O–H groups in total. The molecular formula is C17H15ClN2O5. The molecule has 130 valence electrons. The lowest BCUT2D eigenvalue weighted by Gasteiger charge is -2.24. The van der Waals surface area contributed by atoms with Gasteiger partial charge in [0.25, 0.3) is 5.91 Å². The number of nitrogens with zero attached hydrogens (tertiary/aromatic N) is 1. The van der Waals surface area contributed by atoms with E-state index >= 15 is 0 Å². The van der Waals surface area contributed by atoms with Crippen LogP contribution in [-0.4, -0.2) is 37.0 Å². The zero-order valence-electron chi connectivity index (χ0n) is 13.2. The van der Waals surface area contributed by atoms with Crippen molar-refractivity contribution in [3.63, 3.8) is 0 Å². The molecule has 1 atom stereocenters. The fraction of sp³-hybridized carbons (Fsp3) is 0.176. The second kappa shape index (κ2) is 7.31. The molecule has 2 aromatic carbocycles. The largest absolute Gasteiger partial charge is 0.503 e. The van der Waals surface area contributed by atoms with Crippen molar-refractivity contribution >= 4 is 23.7 Å². The Labute approximate surface area is 148 Å². The Balaban J connectivity index is 1.63. The molecule has 8 heteroatoms. The molecule has 25 heavy (non-hydrogen) atoms. The molecule has 1 aliphatic heterocycles. The van der Waals surface area contributed by atoms with E-state index in [1.165, 1.54) is 25.5 Å². The Morgan fingerprint density at radius 3 is 2.92 bits per heavy atom. The lowest BCUT2D eigenvalue weighted by Crippen LogP contribution is -2.42. The molecule has 7 nitrogen and oxygen atoms in total. The summed E-state index contributed by atoms with van der Waals surface area (Å²) in [4.78, 5) is 12.1. The Morgan fingerprint density at radius 1 is 1.40 bits per heavy atom. The van der Waals surface area contributed by atoms with Crippen LogP contribution in [0, 0.1) is 0 Å². The number of rotatable bonds is 4. The number of phenolic OH excluding ortho intramolecular Hbond substituents is 1. The molecule has 0 saturated heterocycles. The number of hydrogen-bond acceptors (Lipinski definition) is 6. The van der Waals surface area contributed by atoms with Crippen molar-refractivity contribution < 1.29 is 24.1 Å². The summed E-state index contributed by atoms with van der Waals surface area (Å²) in [7, 11) is 1.41. The van der Waals surface area contributed by atoms with Crippen LogP contribution in [0.4, 0.5) is 0 Å². The minimum Gasteiger partial charge on any atom is -0.503 e. The maximum Gasteiger partial charge on any atom is 0.284 e. The number of carbonyl (C=O) groups is 1. The smallest absolute Gasteiger partial charge is 0.284 e. The van der Waals surface area contributed by atoms with Gasteiger partial charge in [0.2, 0.25) is 6.10 Å². The van der Waals surface area contributed by atoms with Gasteiger partial charge in [-0.1, -0.05) is 23.7 Å². The van der Waals surface area contributed by atoms with Gasteiger partial charge in [-0.3, -0.25) is 4.79 Å². The summed E-state index contributed by atoms with van der Waals surface area (Å²) in [5.74, 6) is 0.717. The highest BCUT2D eigenvalue weighted by Gasteiger charge is 2.26. The number of nitrogens with one attached hydrogen (secondary N) is 1. The third kappa shape index (κ3) is 3.77.